The van der Waals surface area contributed by atoms with E-state index in [-0.39, 0.29) is 0 Å². The zero-order valence-electron chi connectivity index (χ0n) is 18.5. The van der Waals surface area contributed by atoms with Crippen LogP contribution in [0.2, 0.25) is 0 Å². The molecule has 1 aliphatic carbocycles. The molecular formula is C26H31N3O2. The molecule has 0 bridgehead atoms. The number of fused-ring (bicyclic) bond motifs is 2. The first kappa shape index (κ1) is 20.1. The minimum Gasteiger partial charge on any atom is -0.496 e. The fourth-order valence-corrected chi connectivity index (χ4v) is 5.12. The van der Waals surface area contributed by atoms with E-state index in [4.69, 9.17) is 14.5 Å². The quantitative estimate of drug-likeness (QED) is 0.610. The van der Waals surface area contributed by atoms with Gasteiger partial charge in [0.1, 0.15) is 22.8 Å². The molecule has 1 aromatic heterocycles. The van der Waals surface area contributed by atoms with Crippen molar-refractivity contribution < 1.29 is 9.47 Å². The van der Waals surface area contributed by atoms with Crippen molar-refractivity contribution in [3.63, 3.8) is 0 Å². The van der Waals surface area contributed by atoms with E-state index in [2.05, 4.69) is 40.5 Å². The average Bonchev–Trinajstić information content (AvgIpc) is 3.36. The number of pyridine rings is 1. The highest BCUT2D eigenvalue weighted by Gasteiger charge is 2.23. The molecule has 1 N–H and O–H groups in total. The van der Waals surface area contributed by atoms with Crippen molar-refractivity contribution in [2.24, 2.45) is 0 Å². The highest BCUT2D eigenvalue weighted by atomic mass is 16.5. The van der Waals surface area contributed by atoms with Crippen LogP contribution in [0.15, 0.2) is 42.5 Å². The van der Waals surface area contributed by atoms with E-state index in [1.54, 1.807) is 14.2 Å². The van der Waals surface area contributed by atoms with Crippen LogP contribution in [0.4, 0.5) is 5.82 Å². The molecular weight excluding hydrogens is 386 g/mol. The predicted octanol–water partition coefficient (Wildman–Crippen LogP) is 5.02. The maximum absolute atomic E-state index is 5.66. The Kier molecular flexibility index (Phi) is 5.68. The minimum absolute atomic E-state index is 0.388. The van der Waals surface area contributed by atoms with Gasteiger partial charge in [-0.25, -0.2) is 4.98 Å². The van der Waals surface area contributed by atoms with Gasteiger partial charge in [0.2, 0.25) is 0 Å². The van der Waals surface area contributed by atoms with Crippen molar-refractivity contribution >= 4 is 16.7 Å². The molecule has 5 heteroatoms. The molecule has 1 saturated heterocycles. The van der Waals surface area contributed by atoms with Crippen LogP contribution < -0.4 is 19.7 Å². The van der Waals surface area contributed by atoms with E-state index >= 15 is 0 Å². The molecule has 0 amide bonds. The summed E-state index contributed by atoms with van der Waals surface area (Å²) in [4.78, 5) is 7.55. The molecule has 2 aromatic carbocycles. The van der Waals surface area contributed by atoms with Gasteiger partial charge in [-0.1, -0.05) is 24.3 Å². The fraction of sp³-hybridized carbons (Fsp3) is 0.423. The van der Waals surface area contributed by atoms with Gasteiger partial charge < -0.3 is 19.7 Å². The van der Waals surface area contributed by atoms with Gasteiger partial charge in [0, 0.05) is 36.6 Å². The molecule has 2 heterocycles. The second kappa shape index (κ2) is 8.75. The Morgan fingerprint density at radius 3 is 2.58 bits per heavy atom. The molecule has 0 spiro atoms. The van der Waals surface area contributed by atoms with Gasteiger partial charge in [0.25, 0.3) is 0 Å². The zero-order chi connectivity index (χ0) is 21.2. The van der Waals surface area contributed by atoms with Crippen LogP contribution >= 0.6 is 0 Å². The number of aryl methyl sites for hydroxylation is 1. The Labute approximate surface area is 184 Å². The molecule has 31 heavy (non-hydrogen) atoms. The maximum Gasteiger partial charge on any atom is 0.145 e. The minimum atomic E-state index is 0.388. The van der Waals surface area contributed by atoms with Crippen molar-refractivity contribution in [1.29, 1.82) is 0 Å². The lowest BCUT2D eigenvalue weighted by atomic mass is 9.87. The number of rotatable bonds is 6. The van der Waals surface area contributed by atoms with E-state index in [1.807, 2.05) is 12.1 Å². The molecule has 0 unspecified atom stereocenters. The van der Waals surface area contributed by atoms with Crippen LogP contribution in [-0.2, 0) is 13.0 Å². The Bertz CT molecular complexity index is 1080. The van der Waals surface area contributed by atoms with Crippen molar-refractivity contribution in [3.8, 4) is 11.5 Å². The third-order valence-electron chi connectivity index (χ3n) is 6.72. The second-order valence-electron chi connectivity index (χ2n) is 8.56. The van der Waals surface area contributed by atoms with Crippen LogP contribution in [0.3, 0.4) is 0 Å². The van der Waals surface area contributed by atoms with Gasteiger partial charge in [0.15, 0.2) is 0 Å². The van der Waals surface area contributed by atoms with Gasteiger partial charge in [-0.15, -0.1) is 0 Å². The monoisotopic (exact) mass is 417 g/mol. The van der Waals surface area contributed by atoms with Crippen LogP contribution in [0.1, 0.15) is 48.4 Å². The topological polar surface area (TPSA) is 46.6 Å². The van der Waals surface area contributed by atoms with Crippen molar-refractivity contribution in [1.82, 2.24) is 10.3 Å². The number of aromatic nitrogens is 1. The van der Waals surface area contributed by atoms with Crippen molar-refractivity contribution in [2.75, 3.05) is 32.2 Å². The first-order valence-corrected chi connectivity index (χ1v) is 11.4. The lowest BCUT2D eigenvalue weighted by Gasteiger charge is -2.28. The van der Waals surface area contributed by atoms with Gasteiger partial charge >= 0.3 is 0 Å². The van der Waals surface area contributed by atoms with E-state index < -0.39 is 0 Å². The molecule has 0 saturated carbocycles. The number of hydrogen-bond donors (Lipinski definition) is 1. The molecule has 3 aromatic rings. The van der Waals surface area contributed by atoms with Crippen LogP contribution in [-0.4, -0.2) is 32.3 Å². The summed E-state index contributed by atoms with van der Waals surface area (Å²) in [6.07, 6.45) is 6.03. The number of methoxy groups -OCH3 is 2. The van der Waals surface area contributed by atoms with Crippen LogP contribution in [0.5, 0.6) is 11.5 Å². The van der Waals surface area contributed by atoms with Gasteiger partial charge in [-0.3, -0.25) is 0 Å². The second-order valence-corrected chi connectivity index (χ2v) is 8.56. The molecule has 162 valence electrons. The maximum atomic E-state index is 5.66. The number of ether oxygens (including phenoxy) is 2. The highest BCUT2D eigenvalue weighted by molar-refractivity contribution is 5.92. The lowest BCUT2D eigenvalue weighted by molar-refractivity contribution is 0.409. The third-order valence-corrected chi connectivity index (χ3v) is 6.72. The Hall–Kier alpha value is -2.79. The zero-order valence-corrected chi connectivity index (χ0v) is 18.5. The van der Waals surface area contributed by atoms with Gasteiger partial charge in [0.05, 0.1) is 14.2 Å². The fourth-order valence-electron chi connectivity index (χ4n) is 5.12. The van der Waals surface area contributed by atoms with E-state index in [9.17, 15) is 0 Å². The van der Waals surface area contributed by atoms with E-state index in [1.165, 1.54) is 48.8 Å². The summed E-state index contributed by atoms with van der Waals surface area (Å²) >= 11 is 0. The SMILES string of the molecule is COc1ccc(OC)c2nc(N3CCCC3)c(CN[C@@H]3CCCc4ccccc43)cc12. The molecule has 1 atom stereocenters. The number of nitrogens with one attached hydrogen (secondary N) is 1. The van der Waals surface area contributed by atoms with Crippen LogP contribution in [0, 0.1) is 0 Å². The summed E-state index contributed by atoms with van der Waals surface area (Å²) in [5, 5.41) is 4.86. The summed E-state index contributed by atoms with van der Waals surface area (Å²) in [5.74, 6) is 2.70. The Balaban J connectivity index is 1.53. The first-order valence-electron chi connectivity index (χ1n) is 11.4. The molecule has 1 fully saturated rings. The third kappa shape index (κ3) is 3.83. The summed E-state index contributed by atoms with van der Waals surface area (Å²) in [6.45, 7) is 2.91. The van der Waals surface area contributed by atoms with E-state index in [0.717, 1.165) is 47.9 Å². The average molecular weight is 418 g/mol. The number of nitrogens with zero attached hydrogens (tertiary/aromatic N) is 2. The Morgan fingerprint density at radius 2 is 1.77 bits per heavy atom. The highest BCUT2D eigenvalue weighted by Crippen LogP contribution is 2.37. The predicted molar refractivity (Wildman–Crippen MR) is 125 cm³/mol. The van der Waals surface area contributed by atoms with Crippen molar-refractivity contribution in [3.05, 3.63) is 59.2 Å². The summed E-state index contributed by atoms with van der Waals surface area (Å²) in [6, 6.07) is 15.4. The number of hydrogen-bond acceptors (Lipinski definition) is 5. The summed E-state index contributed by atoms with van der Waals surface area (Å²) in [5.41, 5.74) is 5.03. The smallest absolute Gasteiger partial charge is 0.145 e. The van der Waals surface area contributed by atoms with Gasteiger partial charge in [-0.05, 0) is 61.4 Å². The van der Waals surface area contributed by atoms with Gasteiger partial charge in [-0.2, -0.15) is 0 Å². The molecule has 2 aliphatic rings. The first-order chi connectivity index (χ1) is 15.3. The lowest BCUT2D eigenvalue weighted by Crippen LogP contribution is -2.27. The van der Waals surface area contributed by atoms with E-state index in [0.29, 0.717) is 6.04 Å². The standard InChI is InChI=1S/C26H31N3O2/c1-30-23-12-13-24(31-2)25-21(23)16-19(26(28-25)29-14-5-6-15-29)17-27-22-11-7-9-18-8-3-4-10-20(18)22/h3-4,8,10,12-13,16,22,27H,5-7,9,11,14-15,17H2,1-2H3/t22-/m1/s1. The summed E-state index contributed by atoms with van der Waals surface area (Å²) < 4.78 is 11.3. The largest absolute Gasteiger partial charge is 0.496 e. The molecule has 5 rings (SSSR count). The van der Waals surface area contributed by atoms with Crippen molar-refractivity contribution in [2.45, 2.75) is 44.7 Å². The molecule has 1 aliphatic heterocycles. The Morgan fingerprint density at radius 1 is 1.00 bits per heavy atom. The number of anilines is 1. The normalized spacial score (nSPS) is 18.3. The van der Waals surface area contributed by atoms with Crippen LogP contribution in [0.25, 0.3) is 10.9 Å². The molecule has 5 nitrogen and oxygen atoms in total. The number of benzene rings is 2. The summed E-state index contributed by atoms with van der Waals surface area (Å²) in [7, 11) is 3.42. The molecule has 0 radical (unpaired) electrons.